The zero-order chi connectivity index (χ0) is 39.0. The molecule has 3 saturated heterocycles. The Morgan fingerprint density at radius 3 is 2.32 bits per heavy atom. The number of nitrogens with zero attached hydrogens (tertiary/aromatic N) is 5. The lowest BCUT2D eigenvalue weighted by atomic mass is 9.69. The molecule has 10 rings (SSSR count). The molecular formula is C45H47ClN6O5. The lowest BCUT2D eigenvalue weighted by Gasteiger charge is -2.38. The van der Waals surface area contributed by atoms with Gasteiger partial charge in [-0.15, -0.1) is 0 Å². The van der Waals surface area contributed by atoms with Crippen molar-refractivity contribution < 1.29 is 19.2 Å². The van der Waals surface area contributed by atoms with Gasteiger partial charge in [-0.25, -0.2) is 0 Å². The first-order chi connectivity index (χ1) is 27.7. The maximum atomic E-state index is 13.4. The average molecular weight is 787 g/mol. The van der Waals surface area contributed by atoms with Crippen molar-refractivity contribution in [3.63, 3.8) is 0 Å². The van der Waals surface area contributed by atoms with E-state index in [1.807, 2.05) is 18.2 Å². The third-order valence-corrected chi connectivity index (χ3v) is 14.3. The fourth-order valence-corrected chi connectivity index (χ4v) is 11.2. The largest absolute Gasteiger partial charge is 0.371 e. The van der Waals surface area contributed by atoms with E-state index in [4.69, 9.17) is 16.6 Å². The molecule has 0 radical (unpaired) electrons. The Morgan fingerprint density at radius 1 is 0.789 bits per heavy atom. The Hall–Kier alpha value is -4.87. The highest BCUT2D eigenvalue weighted by Crippen LogP contribution is 2.52. The Kier molecular flexibility index (Phi) is 9.08. The maximum Gasteiger partial charge on any atom is 0.282 e. The Balaban J connectivity index is 0.759. The summed E-state index contributed by atoms with van der Waals surface area (Å²) in [4.78, 5) is 74.8. The number of halogens is 1. The summed E-state index contributed by atoms with van der Waals surface area (Å²) in [5.74, 6) is 0.223. The van der Waals surface area contributed by atoms with E-state index < -0.39 is 23.8 Å². The highest BCUT2D eigenvalue weighted by molar-refractivity contribution is 6.35. The molecule has 4 fully saturated rings. The summed E-state index contributed by atoms with van der Waals surface area (Å²) >= 11 is 6.55. The average Bonchev–Trinajstić information content (AvgIpc) is 3.61. The Labute approximate surface area is 336 Å². The Morgan fingerprint density at radius 2 is 1.54 bits per heavy atom. The highest BCUT2D eigenvalue weighted by Gasteiger charge is 2.47. The van der Waals surface area contributed by atoms with E-state index in [0.29, 0.717) is 33.4 Å². The summed E-state index contributed by atoms with van der Waals surface area (Å²) in [6, 6.07) is 17.2. The van der Waals surface area contributed by atoms with Gasteiger partial charge in [0.25, 0.3) is 17.4 Å². The normalized spacial score (nSPS) is 22.6. The van der Waals surface area contributed by atoms with Gasteiger partial charge in [0.15, 0.2) is 0 Å². The quantitative estimate of drug-likeness (QED) is 0.230. The molecule has 4 aromatic rings. The van der Waals surface area contributed by atoms with Crippen LogP contribution in [0.25, 0.3) is 16.6 Å². The van der Waals surface area contributed by atoms with Crippen LogP contribution in [-0.4, -0.2) is 81.7 Å². The van der Waals surface area contributed by atoms with Gasteiger partial charge in [-0.1, -0.05) is 49.1 Å². The van der Waals surface area contributed by atoms with Crippen LogP contribution in [0.4, 0.5) is 5.69 Å². The van der Waals surface area contributed by atoms with E-state index in [0.717, 1.165) is 105 Å². The minimum Gasteiger partial charge on any atom is -0.371 e. The molecule has 0 bridgehead atoms. The SMILES string of the molecule is O=C1CCC(N2C(=O)c3ccc(N4CCC(CN5CCC(Cc6ccc7c(c6)C6(CCCCC6)c6nc(=O)c8c(Cl)cccc8n6-7)CC5)CC4)cc3C2=O)C(=O)N1. The predicted molar refractivity (Wildman–Crippen MR) is 217 cm³/mol. The van der Waals surface area contributed by atoms with Crippen molar-refractivity contribution in [3.05, 3.63) is 98.1 Å². The van der Waals surface area contributed by atoms with E-state index >= 15 is 0 Å². The number of likely N-dealkylation sites (tertiary alicyclic amines) is 1. The summed E-state index contributed by atoms with van der Waals surface area (Å²) < 4.78 is 2.23. The molecular weight excluding hydrogens is 740 g/mol. The number of nitrogens with one attached hydrogen (secondary N) is 1. The monoisotopic (exact) mass is 786 g/mol. The van der Waals surface area contributed by atoms with Crippen LogP contribution in [0.5, 0.6) is 0 Å². The topological polar surface area (TPSA) is 125 Å². The molecule has 1 aliphatic carbocycles. The summed E-state index contributed by atoms with van der Waals surface area (Å²) in [5.41, 5.74) is 5.82. The van der Waals surface area contributed by atoms with Gasteiger partial charge < -0.3 is 9.80 Å². The van der Waals surface area contributed by atoms with Crippen molar-refractivity contribution in [2.75, 3.05) is 37.6 Å². The van der Waals surface area contributed by atoms with Gasteiger partial charge in [0, 0.05) is 31.7 Å². The highest BCUT2D eigenvalue weighted by atomic mass is 35.5. The summed E-state index contributed by atoms with van der Waals surface area (Å²) in [6.07, 6.45) is 11.3. The van der Waals surface area contributed by atoms with E-state index in [9.17, 15) is 24.0 Å². The van der Waals surface area contributed by atoms with Gasteiger partial charge in [0.2, 0.25) is 11.8 Å². The molecule has 1 unspecified atom stereocenters. The Bertz CT molecular complexity index is 2410. The first-order valence-corrected chi connectivity index (χ1v) is 21.2. The molecule has 3 aromatic carbocycles. The minimum atomic E-state index is -0.958. The lowest BCUT2D eigenvalue weighted by Crippen LogP contribution is -2.54. The summed E-state index contributed by atoms with van der Waals surface area (Å²) in [6.45, 7) is 5.08. The number of carbonyl (C=O) groups excluding carboxylic acids is 4. The number of benzene rings is 3. The molecule has 1 N–H and O–H groups in total. The van der Waals surface area contributed by atoms with Gasteiger partial charge in [-0.3, -0.25) is 38.8 Å². The predicted octanol–water partition coefficient (Wildman–Crippen LogP) is 6.18. The van der Waals surface area contributed by atoms with Crippen LogP contribution in [0, 0.1) is 11.8 Å². The minimum absolute atomic E-state index is 0.104. The van der Waals surface area contributed by atoms with Crippen LogP contribution in [-0.2, 0) is 21.4 Å². The molecule has 6 heterocycles. The van der Waals surface area contributed by atoms with Crippen molar-refractivity contribution in [2.24, 2.45) is 11.8 Å². The zero-order valence-corrected chi connectivity index (χ0v) is 32.9. The molecule has 294 valence electrons. The third kappa shape index (κ3) is 6.11. The fourth-order valence-electron chi connectivity index (χ4n) is 11.0. The molecule has 1 aromatic heterocycles. The molecule has 4 amide bonds. The maximum absolute atomic E-state index is 13.4. The van der Waals surface area contributed by atoms with E-state index in [-0.39, 0.29) is 29.7 Å². The molecule has 5 aliphatic heterocycles. The number of aromatic nitrogens is 2. The number of carbonyl (C=O) groups is 4. The van der Waals surface area contributed by atoms with Gasteiger partial charge in [0.1, 0.15) is 11.9 Å². The smallest absolute Gasteiger partial charge is 0.282 e. The molecule has 12 heteroatoms. The molecule has 57 heavy (non-hydrogen) atoms. The molecule has 11 nitrogen and oxygen atoms in total. The molecule has 6 aliphatic rings. The second-order valence-corrected chi connectivity index (χ2v) is 17.7. The number of hydrogen-bond donors (Lipinski definition) is 1. The first kappa shape index (κ1) is 36.5. The first-order valence-electron chi connectivity index (χ1n) is 20.9. The molecule has 1 spiro atoms. The van der Waals surface area contributed by atoms with E-state index in [2.05, 4.69) is 37.9 Å². The van der Waals surface area contributed by atoms with Gasteiger partial charge in [-0.05, 0) is 124 Å². The number of anilines is 1. The number of piperidine rings is 3. The van der Waals surface area contributed by atoms with Crippen molar-refractivity contribution in [3.8, 4) is 5.69 Å². The van der Waals surface area contributed by atoms with Crippen LogP contribution in [0.3, 0.4) is 0 Å². The van der Waals surface area contributed by atoms with Crippen LogP contribution in [0.1, 0.15) is 108 Å². The summed E-state index contributed by atoms with van der Waals surface area (Å²) in [5, 5.41) is 3.21. The standard InChI is InChI=1S/C45H47ClN6O5/c46-34-5-4-6-36-39(34)41(55)48-44-45(17-2-1-3-18-45)33-24-29(7-10-35(33)51(36)44)23-27-13-19-49(20-14-27)26-28-15-21-50(22-16-28)30-8-9-31-32(25-30)43(57)52(42(31)56)37-11-12-38(53)47-40(37)54/h4-10,24-25,27-28,37H,1-3,11-23,26H2,(H,47,53,54). The van der Waals surface area contributed by atoms with Crippen molar-refractivity contribution in [2.45, 2.75) is 88.5 Å². The van der Waals surface area contributed by atoms with Crippen LogP contribution >= 0.6 is 11.6 Å². The number of fused-ring (bicyclic) bond motifs is 8. The van der Waals surface area contributed by atoms with E-state index in [1.54, 1.807) is 18.2 Å². The van der Waals surface area contributed by atoms with Crippen molar-refractivity contribution >= 4 is 51.8 Å². The number of imide groups is 2. The lowest BCUT2D eigenvalue weighted by molar-refractivity contribution is -0.136. The summed E-state index contributed by atoms with van der Waals surface area (Å²) in [7, 11) is 0. The van der Waals surface area contributed by atoms with Gasteiger partial charge in [0.05, 0.1) is 38.2 Å². The van der Waals surface area contributed by atoms with Crippen molar-refractivity contribution in [1.82, 2.24) is 24.7 Å². The second kappa shape index (κ2) is 14.2. The number of amides is 4. The zero-order valence-electron chi connectivity index (χ0n) is 32.1. The molecule has 1 saturated carbocycles. The van der Waals surface area contributed by atoms with Gasteiger partial charge in [-0.2, -0.15) is 4.98 Å². The third-order valence-electron chi connectivity index (χ3n) is 14.0. The van der Waals surface area contributed by atoms with Crippen LogP contribution < -0.4 is 15.8 Å². The number of rotatable bonds is 6. The van der Waals surface area contributed by atoms with Crippen LogP contribution in [0.15, 0.2) is 59.4 Å². The fraction of sp³-hybridized carbons (Fsp3) is 0.467. The van der Waals surface area contributed by atoms with Crippen LogP contribution in [0.2, 0.25) is 5.02 Å². The van der Waals surface area contributed by atoms with Crippen molar-refractivity contribution in [1.29, 1.82) is 0 Å². The molecule has 1 atom stereocenters. The van der Waals surface area contributed by atoms with E-state index in [1.165, 1.54) is 30.4 Å². The second-order valence-electron chi connectivity index (χ2n) is 17.3. The van der Waals surface area contributed by atoms with Gasteiger partial charge >= 0.3 is 0 Å². The number of hydrogen-bond acceptors (Lipinski definition) is 8.